The van der Waals surface area contributed by atoms with Crippen LogP contribution in [0.1, 0.15) is 24.4 Å². The summed E-state index contributed by atoms with van der Waals surface area (Å²) < 4.78 is 39.2. The fourth-order valence-corrected chi connectivity index (χ4v) is 2.80. The third kappa shape index (κ3) is 2.54. The number of hydrogen-bond acceptors (Lipinski definition) is 3. The summed E-state index contributed by atoms with van der Waals surface area (Å²) in [7, 11) is 0. The third-order valence-electron chi connectivity index (χ3n) is 3.93. The first-order chi connectivity index (χ1) is 10.4. The molecule has 0 radical (unpaired) electrons. The molecule has 0 spiro atoms. The Morgan fingerprint density at radius 2 is 1.82 bits per heavy atom. The van der Waals surface area contributed by atoms with Crippen LogP contribution in [0.5, 0.6) is 0 Å². The molecule has 2 aromatic rings. The van der Waals surface area contributed by atoms with E-state index in [1.807, 2.05) is 0 Å². The van der Waals surface area contributed by atoms with Crippen molar-refractivity contribution in [3.05, 3.63) is 44.6 Å². The average Bonchev–Trinajstić information content (AvgIpc) is 2.47. The van der Waals surface area contributed by atoms with Gasteiger partial charge in [-0.3, -0.25) is 9.36 Å². The molecule has 118 valence electrons. The quantitative estimate of drug-likeness (QED) is 0.841. The van der Waals surface area contributed by atoms with E-state index in [1.54, 1.807) is 0 Å². The molecule has 1 aliphatic rings. The highest BCUT2D eigenvalue weighted by molar-refractivity contribution is 5.78. The van der Waals surface area contributed by atoms with Crippen molar-refractivity contribution in [3.8, 4) is 0 Å². The molecule has 0 unspecified atom stereocenters. The lowest BCUT2D eigenvalue weighted by Crippen LogP contribution is -2.42. The van der Waals surface area contributed by atoms with Crippen LogP contribution in [0.25, 0.3) is 10.9 Å². The molecular weight excluding hydrogens is 299 g/mol. The van der Waals surface area contributed by atoms with Crippen molar-refractivity contribution in [1.29, 1.82) is 0 Å². The van der Waals surface area contributed by atoms with Gasteiger partial charge < -0.3 is 10.3 Å². The van der Waals surface area contributed by atoms with Crippen molar-refractivity contribution in [2.24, 2.45) is 0 Å². The molecule has 1 aliphatic heterocycles. The van der Waals surface area contributed by atoms with Gasteiger partial charge in [-0.25, -0.2) is 4.79 Å². The molecule has 2 N–H and O–H groups in total. The Labute approximate surface area is 122 Å². The van der Waals surface area contributed by atoms with E-state index in [0.29, 0.717) is 25.9 Å². The number of rotatable bonds is 1. The number of hydrogen-bond donors (Lipinski definition) is 2. The topological polar surface area (TPSA) is 66.9 Å². The Balaban J connectivity index is 2.17. The molecule has 0 saturated carbocycles. The highest BCUT2D eigenvalue weighted by atomic mass is 19.4. The number of halogens is 3. The van der Waals surface area contributed by atoms with Crippen molar-refractivity contribution < 1.29 is 13.2 Å². The molecule has 0 bridgehead atoms. The fourth-order valence-electron chi connectivity index (χ4n) is 2.80. The molecule has 1 saturated heterocycles. The van der Waals surface area contributed by atoms with E-state index >= 15 is 0 Å². The summed E-state index contributed by atoms with van der Waals surface area (Å²) in [4.78, 5) is 27.0. The molecule has 1 aromatic carbocycles. The lowest BCUT2D eigenvalue weighted by Gasteiger charge is -2.24. The molecule has 0 amide bonds. The van der Waals surface area contributed by atoms with Crippen molar-refractivity contribution in [1.82, 2.24) is 14.9 Å². The van der Waals surface area contributed by atoms with Gasteiger partial charge >= 0.3 is 11.9 Å². The lowest BCUT2D eigenvalue weighted by atomic mass is 10.1. The van der Waals surface area contributed by atoms with Gasteiger partial charge in [0.05, 0.1) is 16.5 Å². The summed E-state index contributed by atoms with van der Waals surface area (Å²) in [6, 6.07) is 2.54. The molecule has 0 atom stereocenters. The minimum Gasteiger partial charge on any atom is -0.317 e. The summed E-state index contributed by atoms with van der Waals surface area (Å²) >= 11 is 0. The van der Waals surface area contributed by atoms with Crippen LogP contribution in [0.15, 0.2) is 27.8 Å². The Morgan fingerprint density at radius 1 is 1.14 bits per heavy atom. The van der Waals surface area contributed by atoms with E-state index < -0.39 is 23.0 Å². The van der Waals surface area contributed by atoms with Crippen LogP contribution in [0.4, 0.5) is 13.2 Å². The SMILES string of the molecule is O=c1[nH]c2cc(C(F)(F)F)ccc2c(=O)n1C1CCNCC1. The highest BCUT2D eigenvalue weighted by Crippen LogP contribution is 2.30. The normalized spacial score (nSPS) is 17.0. The Bertz CT molecular complexity index is 817. The zero-order valence-corrected chi connectivity index (χ0v) is 11.5. The van der Waals surface area contributed by atoms with E-state index in [9.17, 15) is 22.8 Å². The molecule has 5 nitrogen and oxygen atoms in total. The zero-order valence-electron chi connectivity index (χ0n) is 11.5. The van der Waals surface area contributed by atoms with Crippen LogP contribution in [0.2, 0.25) is 0 Å². The van der Waals surface area contributed by atoms with Crippen LogP contribution < -0.4 is 16.6 Å². The largest absolute Gasteiger partial charge is 0.416 e. The predicted molar refractivity (Wildman–Crippen MR) is 75.0 cm³/mol. The zero-order chi connectivity index (χ0) is 15.9. The molecule has 3 rings (SSSR count). The second-order valence-corrected chi connectivity index (χ2v) is 5.34. The minimum absolute atomic E-state index is 0.0880. The van der Waals surface area contributed by atoms with Crippen molar-refractivity contribution in [2.45, 2.75) is 25.1 Å². The van der Waals surface area contributed by atoms with E-state index in [0.717, 1.165) is 22.8 Å². The molecule has 1 fully saturated rings. The van der Waals surface area contributed by atoms with Gasteiger partial charge in [-0.2, -0.15) is 13.2 Å². The van der Waals surface area contributed by atoms with Crippen molar-refractivity contribution in [2.75, 3.05) is 13.1 Å². The van der Waals surface area contributed by atoms with Gasteiger partial charge in [0.2, 0.25) is 0 Å². The van der Waals surface area contributed by atoms with E-state index in [1.165, 1.54) is 0 Å². The number of benzene rings is 1. The number of H-pyrrole nitrogens is 1. The Hall–Kier alpha value is -2.09. The van der Waals surface area contributed by atoms with Gasteiger partial charge in [0, 0.05) is 6.04 Å². The summed E-state index contributed by atoms with van der Waals surface area (Å²) in [5.74, 6) is 0. The van der Waals surface area contributed by atoms with Gasteiger partial charge in [-0.1, -0.05) is 0 Å². The number of piperidine rings is 1. The Kier molecular flexibility index (Phi) is 3.56. The second-order valence-electron chi connectivity index (χ2n) is 5.34. The smallest absolute Gasteiger partial charge is 0.317 e. The number of nitrogens with zero attached hydrogens (tertiary/aromatic N) is 1. The first-order valence-corrected chi connectivity index (χ1v) is 6.94. The lowest BCUT2D eigenvalue weighted by molar-refractivity contribution is -0.137. The summed E-state index contributed by atoms with van der Waals surface area (Å²) in [5.41, 5.74) is -2.19. The predicted octanol–water partition coefficient (Wildman–Crippen LogP) is 1.63. The maximum Gasteiger partial charge on any atom is 0.416 e. The van der Waals surface area contributed by atoms with Crippen LogP contribution in [-0.4, -0.2) is 22.6 Å². The second kappa shape index (κ2) is 5.28. The number of aromatic amines is 1. The molecule has 0 aliphatic carbocycles. The molecule has 1 aromatic heterocycles. The summed E-state index contributed by atoms with van der Waals surface area (Å²) in [6.07, 6.45) is -3.25. The van der Waals surface area contributed by atoms with E-state index in [2.05, 4.69) is 10.3 Å². The van der Waals surface area contributed by atoms with Crippen LogP contribution in [-0.2, 0) is 6.18 Å². The first-order valence-electron chi connectivity index (χ1n) is 6.94. The maximum atomic E-state index is 12.7. The maximum absolute atomic E-state index is 12.7. The average molecular weight is 313 g/mol. The van der Waals surface area contributed by atoms with Gasteiger partial charge in [0.1, 0.15) is 0 Å². The highest BCUT2D eigenvalue weighted by Gasteiger charge is 2.31. The first kappa shape index (κ1) is 14.8. The molecule has 8 heteroatoms. The number of nitrogens with one attached hydrogen (secondary N) is 2. The summed E-state index contributed by atoms with van der Waals surface area (Å²) in [6.45, 7) is 1.39. The van der Waals surface area contributed by atoms with Crippen molar-refractivity contribution >= 4 is 10.9 Å². The molecular formula is C14H14F3N3O2. The van der Waals surface area contributed by atoms with Gasteiger partial charge in [-0.15, -0.1) is 0 Å². The number of fused-ring (bicyclic) bond motifs is 1. The standard InChI is InChI=1S/C14H14F3N3O2/c15-14(16,17)8-1-2-10-11(7-8)19-13(22)20(12(10)21)9-3-5-18-6-4-9/h1-2,7,9,18H,3-6H2,(H,19,22). The fraction of sp³-hybridized carbons (Fsp3) is 0.429. The van der Waals surface area contributed by atoms with Gasteiger partial charge in [0.25, 0.3) is 5.56 Å². The van der Waals surface area contributed by atoms with Gasteiger partial charge in [0.15, 0.2) is 0 Å². The monoisotopic (exact) mass is 313 g/mol. The number of aromatic nitrogens is 2. The number of alkyl halides is 3. The summed E-state index contributed by atoms with van der Waals surface area (Å²) in [5, 5.41) is 3.22. The van der Waals surface area contributed by atoms with Gasteiger partial charge in [-0.05, 0) is 44.1 Å². The van der Waals surface area contributed by atoms with E-state index in [-0.39, 0.29) is 16.9 Å². The molecule has 22 heavy (non-hydrogen) atoms. The van der Waals surface area contributed by atoms with Crippen LogP contribution >= 0.6 is 0 Å². The Morgan fingerprint density at radius 3 is 2.45 bits per heavy atom. The van der Waals surface area contributed by atoms with Crippen molar-refractivity contribution in [3.63, 3.8) is 0 Å². The third-order valence-corrected chi connectivity index (χ3v) is 3.93. The van der Waals surface area contributed by atoms with Crippen LogP contribution in [0.3, 0.4) is 0 Å². The molecule has 2 heterocycles. The van der Waals surface area contributed by atoms with E-state index in [4.69, 9.17) is 0 Å². The minimum atomic E-state index is -4.52. The van der Waals surface area contributed by atoms with Crippen LogP contribution in [0, 0.1) is 0 Å².